The summed E-state index contributed by atoms with van der Waals surface area (Å²) < 4.78 is 0. The molecular formula is C14H20O2. The zero-order valence-electron chi connectivity index (χ0n) is 10.4. The second-order valence-electron chi connectivity index (χ2n) is 5.09. The van der Waals surface area contributed by atoms with E-state index in [-0.39, 0.29) is 0 Å². The molecule has 1 unspecified atom stereocenters. The Morgan fingerprint density at radius 1 is 1.12 bits per heavy atom. The van der Waals surface area contributed by atoms with Crippen LogP contribution < -0.4 is 0 Å². The van der Waals surface area contributed by atoms with Crippen LogP contribution in [0.3, 0.4) is 0 Å². The Kier molecular flexibility index (Phi) is 3.87. The Morgan fingerprint density at radius 2 is 1.56 bits per heavy atom. The molecule has 2 heteroatoms. The molecule has 1 atom stereocenters. The third-order valence-corrected chi connectivity index (χ3v) is 2.86. The number of rotatable bonds is 4. The summed E-state index contributed by atoms with van der Waals surface area (Å²) in [6.45, 7) is 7.56. The van der Waals surface area contributed by atoms with E-state index in [9.17, 15) is 9.90 Å². The highest BCUT2D eigenvalue weighted by Crippen LogP contribution is 2.27. The van der Waals surface area contributed by atoms with Crippen LogP contribution in [0.1, 0.15) is 50.7 Å². The highest BCUT2D eigenvalue weighted by atomic mass is 16.3. The van der Waals surface area contributed by atoms with E-state index in [2.05, 4.69) is 13.8 Å². The van der Waals surface area contributed by atoms with Crippen LogP contribution in [0, 0.1) is 0 Å². The quantitative estimate of drug-likeness (QED) is 0.792. The summed E-state index contributed by atoms with van der Waals surface area (Å²) in [5, 5.41) is 9.88. The molecule has 0 fully saturated rings. The second-order valence-corrected chi connectivity index (χ2v) is 5.09. The molecule has 0 radical (unpaired) electrons. The Bertz CT molecular complexity index is 344. The standard InChI is InChI=1S/C14H20O2/c1-10(2)11-5-7-12(8-6-11)13(9-15)14(3,4)16/h5-10,13,16H,1-4H3. The molecule has 0 amide bonds. The Hall–Kier alpha value is -1.15. The average molecular weight is 220 g/mol. The van der Waals surface area contributed by atoms with Crippen molar-refractivity contribution in [3.8, 4) is 0 Å². The zero-order valence-corrected chi connectivity index (χ0v) is 10.4. The van der Waals surface area contributed by atoms with Gasteiger partial charge in [0.1, 0.15) is 6.29 Å². The molecule has 0 aliphatic carbocycles. The minimum absolute atomic E-state index is 0.464. The van der Waals surface area contributed by atoms with Crippen molar-refractivity contribution in [2.75, 3.05) is 0 Å². The van der Waals surface area contributed by atoms with Gasteiger partial charge in [0.2, 0.25) is 0 Å². The van der Waals surface area contributed by atoms with Crippen molar-refractivity contribution in [1.29, 1.82) is 0 Å². The summed E-state index contributed by atoms with van der Waals surface area (Å²) >= 11 is 0. The summed E-state index contributed by atoms with van der Waals surface area (Å²) in [5.74, 6) is 0.0135. The van der Waals surface area contributed by atoms with E-state index in [0.29, 0.717) is 5.92 Å². The summed E-state index contributed by atoms with van der Waals surface area (Å²) in [7, 11) is 0. The van der Waals surface area contributed by atoms with E-state index >= 15 is 0 Å². The number of carbonyl (C=O) groups excluding carboxylic acids is 1. The molecule has 0 aliphatic rings. The van der Waals surface area contributed by atoms with Gasteiger partial charge in [0.25, 0.3) is 0 Å². The summed E-state index contributed by atoms with van der Waals surface area (Å²) in [4.78, 5) is 11.0. The lowest BCUT2D eigenvalue weighted by atomic mass is 9.85. The van der Waals surface area contributed by atoms with Gasteiger partial charge < -0.3 is 9.90 Å². The van der Waals surface area contributed by atoms with E-state index < -0.39 is 11.5 Å². The number of aldehydes is 1. The molecule has 1 aromatic rings. The van der Waals surface area contributed by atoms with Crippen LogP contribution in [0.15, 0.2) is 24.3 Å². The largest absolute Gasteiger partial charge is 0.389 e. The van der Waals surface area contributed by atoms with Crippen LogP contribution in [-0.4, -0.2) is 17.0 Å². The van der Waals surface area contributed by atoms with Crippen LogP contribution in [0.25, 0.3) is 0 Å². The fourth-order valence-electron chi connectivity index (χ4n) is 1.74. The normalized spacial score (nSPS) is 13.9. The van der Waals surface area contributed by atoms with Crippen molar-refractivity contribution < 1.29 is 9.90 Å². The minimum atomic E-state index is -1.01. The Morgan fingerprint density at radius 3 is 1.88 bits per heavy atom. The minimum Gasteiger partial charge on any atom is -0.389 e. The fraction of sp³-hybridized carbons (Fsp3) is 0.500. The smallest absolute Gasteiger partial charge is 0.130 e. The van der Waals surface area contributed by atoms with Gasteiger partial charge in [-0.15, -0.1) is 0 Å². The van der Waals surface area contributed by atoms with E-state index in [0.717, 1.165) is 11.8 Å². The molecule has 0 aliphatic heterocycles. The molecule has 0 bridgehead atoms. The first-order chi connectivity index (χ1) is 7.36. The Labute approximate surface area is 97.3 Å². The second kappa shape index (κ2) is 4.79. The molecule has 0 spiro atoms. The maximum Gasteiger partial charge on any atom is 0.130 e. The molecule has 2 nitrogen and oxygen atoms in total. The SMILES string of the molecule is CC(C)c1ccc(C(C=O)C(C)(C)O)cc1. The zero-order chi connectivity index (χ0) is 12.3. The van der Waals surface area contributed by atoms with Gasteiger partial charge in [-0.25, -0.2) is 0 Å². The number of benzene rings is 1. The van der Waals surface area contributed by atoms with Crippen molar-refractivity contribution in [2.45, 2.75) is 45.1 Å². The lowest BCUT2D eigenvalue weighted by molar-refractivity contribution is -0.113. The van der Waals surface area contributed by atoms with Gasteiger partial charge in [0, 0.05) is 0 Å². The first-order valence-electron chi connectivity index (χ1n) is 5.63. The lowest BCUT2D eigenvalue weighted by Crippen LogP contribution is -2.29. The van der Waals surface area contributed by atoms with Crippen molar-refractivity contribution in [2.24, 2.45) is 0 Å². The molecule has 16 heavy (non-hydrogen) atoms. The first-order valence-corrected chi connectivity index (χ1v) is 5.63. The van der Waals surface area contributed by atoms with Gasteiger partial charge in [-0.1, -0.05) is 38.1 Å². The molecule has 0 saturated carbocycles. The molecule has 1 rings (SSSR count). The van der Waals surface area contributed by atoms with Crippen LogP contribution in [0.4, 0.5) is 0 Å². The first kappa shape index (κ1) is 12.9. The van der Waals surface area contributed by atoms with Gasteiger partial charge in [0.05, 0.1) is 11.5 Å². The van der Waals surface area contributed by atoms with Crippen molar-refractivity contribution in [3.63, 3.8) is 0 Å². The van der Waals surface area contributed by atoms with Crippen LogP contribution in [-0.2, 0) is 4.79 Å². The highest BCUT2D eigenvalue weighted by Gasteiger charge is 2.27. The van der Waals surface area contributed by atoms with Gasteiger partial charge in [-0.2, -0.15) is 0 Å². The van der Waals surface area contributed by atoms with Crippen LogP contribution in [0.5, 0.6) is 0 Å². The number of carbonyl (C=O) groups is 1. The van der Waals surface area contributed by atoms with Gasteiger partial charge >= 0.3 is 0 Å². The predicted molar refractivity (Wildman–Crippen MR) is 65.6 cm³/mol. The highest BCUT2D eigenvalue weighted by molar-refractivity contribution is 5.64. The molecule has 1 N–H and O–H groups in total. The van der Waals surface area contributed by atoms with E-state index in [1.165, 1.54) is 5.56 Å². The third-order valence-electron chi connectivity index (χ3n) is 2.86. The predicted octanol–water partition coefficient (Wildman–Crippen LogP) is 2.86. The molecule has 1 aromatic carbocycles. The molecule has 0 heterocycles. The summed E-state index contributed by atoms with van der Waals surface area (Å²) in [6.07, 6.45) is 0.810. The number of hydrogen-bond acceptors (Lipinski definition) is 2. The lowest BCUT2D eigenvalue weighted by Gasteiger charge is -2.25. The third kappa shape index (κ3) is 2.92. The van der Waals surface area contributed by atoms with Crippen LogP contribution in [0.2, 0.25) is 0 Å². The number of aliphatic hydroxyl groups is 1. The van der Waals surface area contributed by atoms with Gasteiger partial charge in [-0.05, 0) is 30.9 Å². The summed E-state index contributed by atoms with van der Waals surface area (Å²) in [6, 6.07) is 7.88. The van der Waals surface area contributed by atoms with Gasteiger partial charge in [-0.3, -0.25) is 0 Å². The molecular weight excluding hydrogens is 200 g/mol. The van der Waals surface area contributed by atoms with Crippen molar-refractivity contribution in [1.82, 2.24) is 0 Å². The van der Waals surface area contributed by atoms with Crippen molar-refractivity contribution in [3.05, 3.63) is 35.4 Å². The maximum atomic E-state index is 11.0. The monoisotopic (exact) mass is 220 g/mol. The summed E-state index contributed by atoms with van der Waals surface area (Å²) in [5.41, 5.74) is 1.09. The number of hydrogen-bond donors (Lipinski definition) is 1. The average Bonchev–Trinajstić information content (AvgIpc) is 2.17. The molecule has 0 saturated heterocycles. The van der Waals surface area contributed by atoms with Crippen LogP contribution >= 0.6 is 0 Å². The fourth-order valence-corrected chi connectivity index (χ4v) is 1.74. The topological polar surface area (TPSA) is 37.3 Å². The van der Waals surface area contributed by atoms with E-state index in [1.807, 2.05) is 24.3 Å². The molecule has 88 valence electrons. The van der Waals surface area contributed by atoms with Gasteiger partial charge in [0.15, 0.2) is 0 Å². The van der Waals surface area contributed by atoms with E-state index in [1.54, 1.807) is 13.8 Å². The Balaban J connectivity index is 3.00. The molecule has 0 aromatic heterocycles. The maximum absolute atomic E-state index is 11.0. The van der Waals surface area contributed by atoms with E-state index in [4.69, 9.17) is 0 Å². The van der Waals surface area contributed by atoms with Crippen molar-refractivity contribution >= 4 is 6.29 Å².